The molecular weight excluding hydrogens is 424 g/mol. The molecule has 0 aliphatic carbocycles. The Hall–Kier alpha value is -2.56. The van der Waals surface area contributed by atoms with Crippen molar-refractivity contribution in [1.82, 2.24) is 15.0 Å². The van der Waals surface area contributed by atoms with E-state index in [0.29, 0.717) is 10.9 Å². The Kier molecular flexibility index (Phi) is 4.33. The highest BCUT2D eigenvalue weighted by Gasteiger charge is 2.19. The fraction of sp³-hybridized carbons (Fsp3) is 0.150. The van der Waals surface area contributed by atoms with Gasteiger partial charge in [0.2, 0.25) is 0 Å². The van der Waals surface area contributed by atoms with Crippen LogP contribution in [0, 0.1) is 25.2 Å². The molecule has 0 saturated carbocycles. The van der Waals surface area contributed by atoms with Crippen LogP contribution in [0.1, 0.15) is 16.7 Å². The zero-order chi connectivity index (χ0) is 19.3. The number of benzene rings is 2. The number of aryl methyl sites for hydroxylation is 2. The number of nitrogens with zero attached hydrogens (tertiary/aromatic N) is 2. The average molecular weight is 439 g/mol. The van der Waals surface area contributed by atoms with Gasteiger partial charge >= 0.3 is 0 Å². The van der Waals surface area contributed by atoms with Gasteiger partial charge in [-0.15, -0.1) is 0 Å². The van der Waals surface area contributed by atoms with Crippen molar-refractivity contribution in [3.05, 3.63) is 55.8 Å². The molecule has 4 rings (SSSR count). The molecule has 0 unspecified atom stereocenters. The summed E-state index contributed by atoms with van der Waals surface area (Å²) >= 11 is 4.89. The molecule has 0 aliphatic heterocycles. The number of nitriles is 1. The average Bonchev–Trinajstić information content (AvgIpc) is 3.03. The first-order chi connectivity index (χ1) is 12.9. The van der Waals surface area contributed by atoms with Gasteiger partial charge in [0.05, 0.1) is 5.69 Å². The van der Waals surface area contributed by atoms with Crippen LogP contribution in [-0.2, 0) is 0 Å². The zero-order valence-corrected chi connectivity index (χ0v) is 17.3. The SMILES string of the molecule is CSc1nc(-c2cc(C)c3[nH]c4ccc(Br)cc4c3c2C)c(C#N)c(=O)[nH]1. The summed E-state index contributed by atoms with van der Waals surface area (Å²) in [6.07, 6.45) is 1.84. The molecule has 2 aromatic carbocycles. The maximum atomic E-state index is 12.3. The monoisotopic (exact) mass is 438 g/mol. The van der Waals surface area contributed by atoms with Crippen LogP contribution in [0.4, 0.5) is 0 Å². The van der Waals surface area contributed by atoms with Crippen LogP contribution in [0.2, 0.25) is 0 Å². The Morgan fingerprint density at radius 3 is 2.70 bits per heavy atom. The van der Waals surface area contributed by atoms with Crippen LogP contribution >= 0.6 is 27.7 Å². The molecule has 27 heavy (non-hydrogen) atoms. The van der Waals surface area contributed by atoms with Crippen molar-refractivity contribution < 1.29 is 0 Å². The summed E-state index contributed by atoms with van der Waals surface area (Å²) in [6, 6.07) is 10.1. The van der Waals surface area contributed by atoms with Gasteiger partial charge in [0.1, 0.15) is 11.6 Å². The molecule has 134 valence electrons. The van der Waals surface area contributed by atoms with Gasteiger partial charge in [-0.2, -0.15) is 5.26 Å². The number of H-pyrrole nitrogens is 2. The first kappa shape index (κ1) is 17.8. The van der Waals surface area contributed by atoms with Crippen molar-refractivity contribution >= 4 is 49.5 Å². The van der Waals surface area contributed by atoms with Crippen molar-refractivity contribution in [1.29, 1.82) is 5.26 Å². The molecule has 5 nitrogen and oxygen atoms in total. The highest BCUT2D eigenvalue weighted by Crippen LogP contribution is 2.37. The van der Waals surface area contributed by atoms with Crippen LogP contribution in [-0.4, -0.2) is 21.2 Å². The van der Waals surface area contributed by atoms with Gasteiger partial charge < -0.3 is 9.97 Å². The standard InChI is InChI=1S/C20H15BrN4OS/c1-9-6-12(18-14(8-22)19(26)25-20(24-18)27-3)10(2)16-13-7-11(21)4-5-15(13)23-17(9)16/h4-7,23H,1-3H3,(H,24,25,26). The number of thioether (sulfide) groups is 1. The molecule has 2 aromatic heterocycles. The zero-order valence-electron chi connectivity index (χ0n) is 14.9. The van der Waals surface area contributed by atoms with Crippen molar-refractivity contribution in [2.75, 3.05) is 6.26 Å². The summed E-state index contributed by atoms with van der Waals surface area (Å²) in [5, 5.41) is 12.2. The molecular formula is C20H15BrN4OS. The third-order valence-electron chi connectivity index (χ3n) is 4.75. The van der Waals surface area contributed by atoms with Gasteiger partial charge in [-0.1, -0.05) is 27.7 Å². The number of rotatable bonds is 2. The Labute approximate surface area is 168 Å². The number of aromatic amines is 2. The molecule has 2 heterocycles. The third-order valence-corrected chi connectivity index (χ3v) is 5.83. The van der Waals surface area contributed by atoms with Crippen LogP contribution in [0.3, 0.4) is 0 Å². The highest BCUT2D eigenvalue weighted by molar-refractivity contribution is 9.10. The summed E-state index contributed by atoms with van der Waals surface area (Å²) in [5.74, 6) is 0. The van der Waals surface area contributed by atoms with Crippen LogP contribution < -0.4 is 5.56 Å². The second-order valence-electron chi connectivity index (χ2n) is 6.34. The number of halogens is 1. The van der Waals surface area contributed by atoms with Gasteiger partial charge in [-0.25, -0.2) is 4.98 Å². The lowest BCUT2D eigenvalue weighted by molar-refractivity contribution is 0.937. The largest absolute Gasteiger partial charge is 0.354 e. The quantitative estimate of drug-likeness (QED) is 0.338. The van der Waals surface area contributed by atoms with E-state index in [1.165, 1.54) is 11.8 Å². The summed E-state index contributed by atoms with van der Waals surface area (Å²) < 4.78 is 0.995. The molecule has 0 saturated heterocycles. The van der Waals surface area contributed by atoms with Gasteiger partial charge in [0.15, 0.2) is 5.16 Å². The maximum absolute atomic E-state index is 12.3. The fourth-order valence-electron chi connectivity index (χ4n) is 3.47. The highest BCUT2D eigenvalue weighted by atomic mass is 79.9. The number of fused-ring (bicyclic) bond motifs is 3. The minimum Gasteiger partial charge on any atom is -0.354 e. The van der Waals surface area contributed by atoms with Crippen molar-refractivity contribution in [3.8, 4) is 17.3 Å². The van der Waals surface area contributed by atoms with E-state index in [1.807, 2.05) is 44.4 Å². The Balaban J connectivity index is 2.16. The molecule has 0 aliphatic rings. The summed E-state index contributed by atoms with van der Waals surface area (Å²) in [7, 11) is 0. The van der Waals surface area contributed by atoms with Gasteiger partial charge in [0, 0.05) is 31.8 Å². The predicted molar refractivity (Wildman–Crippen MR) is 113 cm³/mol. The lowest BCUT2D eigenvalue weighted by atomic mass is 9.95. The minimum absolute atomic E-state index is 0.0377. The van der Waals surface area contributed by atoms with E-state index < -0.39 is 5.56 Å². The van der Waals surface area contributed by atoms with E-state index in [0.717, 1.165) is 43.0 Å². The van der Waals surface area contributed by atoms with Crippen molar-refractivity contribution in [2.45, 2.75) is 19.0 Å². The molecule has 0 fully saturated rings. The maximum Gasteiger partial charge on any atom is 0.270 e. The molecule has 0 radical (unpaired) electrons. The van der Waals surface area contributed by atoms with Gasteiger partial charge in [-0.05, 0) is 55.5 Å². The van der Waals surface area contributed by atoms with Crippen molar-refractivity contribution in [2.24, 2.45) is 0 Å². The number of nitrogens with one attached hydrogen (secondary N) is 2. The Bertz CT molecular complexity index is 1330. The van der Waals surface area contributed by atoms with Crippen LogP contribution in [0.25, 0.3) is 33.1 Å². The predicted octanol–water partition coefficient (Wildman–Crippen LogP) is 5.04. The molecule has 4 aromatic rings. The number of hydrogen-bond donors (Lipinski definition) is 2. The van der Waals surface area contributed by atoms with E-state index in [9.17, 15) is 10.1 Å². The van der Waals surface area contributed by atoms with E-state index in [2.05, 4.69) is 36.9 Å². The Morgan fingerprint density at radius 1 is 1.22 bits per heavy atom. The molecule has 0 amide bonds. The van der Waals surface area contributed by atoms with Crippen LogP contribution in [0.15, 0.2) is 38.7 Å². The number of hydrogen-bond acceptors (Lipinski definition) is 4. The van der Waals surface area contributed by atoms with Crippen molar-refractivity contribution in [3.63, 3.8) is 0 Å². The second kappa shape index (κ2) is 6.55. The lowest BCUT2D eigenvalue weighted by Crippen LogP contribution is -2.15. The Morgan fingerprint density at radius 2 is 2.00 bits per heavy atom. The summed E-state index contributed by atoms with van der Waals surface area (Å²) in [5.41, 5.74) is 4.98. The van der Waals surface area contributed by atoms with E-state index in [1.54, 1.807) is 0 Å². The molecule has 0 spiro atoms. The van der Waals surface area contributed by atoms with Gasteiger partial charge in [-0.3, -0.25) is 4.79 Å². The third kappa shape index (κ3) is 2.76. The topological polar surface area (TPSA) is 85.3 Å². The summed E-state index contributed by atoms with van der Waals surface area (Å²) in [6.45, 7) is 4.03. The van der Waals surface area contributed by atoms with E-state index in [4.69, 9.17) is 0 Å². The normalized spacial score (nSPS) is 11.2. The number of aromatic nitrogens is 3. The van der Waals surface area contributed by atoms with E-state index >= 15 is 0 Å². The molecule has 0 atom stereocenters. The van der Waals surface area contributed by atoms with Gasteiger partial charge in [0.25, 0.3) is 5.56 Å². The smallest absolute Gasteiger partial charge is 0.270 e. The summed E-state index contributed by atoms with van der Waals surface area (Å²) in [4.78, 5) is 23.0. The minimum atomic E-state index is -0.411. The molecule has 0 bridgehead atoms. The molecule has 7 heteroatoms. The lowest BCUT2D eigenvalue weighted by Gasteiger charge is -2.11. The first-order valence-electron chi connectivity index (χ1n) is 8.24. The first-order valence-corrected chi connectivity index (χ1v) is 10.3. The molecule has 2 N–H and O–H groups in total. The van der Waals surface area contributed by atoms with E-state index in [-0.39, 0.29) is 5.56 Å². The second-order valence-corrected chi connectivity index (χ2v) is 8.05. The fourth-order valence-corrected chi connectivity index (χ4v) is 4.21. The van der Waals surface area contributed by atoms with Crippen LogP contribution in [0.5, 0.6) is 0 Å².